The summed E-state index contributed by atoms with van der Waals surface area (Å²) in [4.78, 5) is 3.81. The topological polar surface area (TPSA) is 26.0 Å². The normalized spacial score (nSPS) is 10.7. The Morgan fingerprint density at radius 2 is 2.18 bits per heavy atom. The van der Waals surface area contributed by atoms with Crippen molar-refractivity contribution >= 4 is 34.2 Å². The highest BCUT2D eigenvalue weighted by molar-refractivity contribution is 6.35. The van der Waals surface area contributed by atoms with Gasteiger partial charge in [-0.25, -0.2) is 4.98 Å². The van der Waals surface area contributed by atoms with E-state index >= 15 is 0 Å². The maximum atomic E-state index is 5.71. The van der Waals surface area contributed by atoms with Gasteiger partial charge in [-0.3, -0.25) is 0 Å². The van der Waals surface area contributed by atoms with Gasteiger partial charge in [0.05, 0.1) is 6.26 Å². The van der Waals surface area contributed by atoms with Crippen molar-refractivity contribution in [3.8, 4) is 0 Å². The van der Waals surface area contributed by atoms with Crippen LogP contribution in [0.25, 0.3) is 11.0 Å². The third kappa shape index (κ3) is 1.08. The van der Waals surface area contributed by atoms with Crippen LogP contribution in [-0.2, 0) is 0 Å². The Labute approximate surface area is 72.7 Å². The Kier molecular flexibility index (Phi) is 1.51. The molecule has 4 heteroatoms. The fourth-order valence-electron chi connectivity index (χ4n) is 0.906. The van der Waals surface area contributed by atoms with E-state index in [1.54, 1.807) is 18.4 Å². The Morgan fingerprint density at radius 3 is 3.00 bits per heavy atom. The van der Waals surface area contributed by atoms with Gasteiger partial charge in [-0.1, -0.05) is 23.2 Å². The van der Waals surface area contributed by atoms with Gasteiger partial charge in [-0.2, -0.15) is 0 Å². The van der Waals surface area contributed by atoms with Crippen molar-refractivity contribution in [2.45, 2.75) is 0 Å². The minimum atomic E-state index is 0.303. The number of pyridine rings is 1. The second-order valence-corrected chi connectivity index (χ2v) is 2.82. The number of halogens is 2. The van der Waals surface area contributed by atoms with E-state index in [0.717, 1.165) is 5.39 Å². The van der Waals surface area contributed by atoms with Gasteiger partial charge in [0, 0.05) is 5.39 Å². The first-order chi connectivity index (χ1) is 5.27. The van der Waals surface area contributed by atoms with Crippen LogP contribution >= 0.6 is 23.2 Å². The van der Waals surface area contributed by atoms with E-state index in [4.69, 9.17) is 27.6 Å². The molecule has 0 N–H and O–H groups in total. The molecular weight excluding hydrogens is 185 g/mol. The second-order valence-electron chi connectivity index (χ2n) is 2.07. The molecule has 2 nitrogen and oxygen atoms in total. The fraction of sp³-hybridized carbons (Fsp3) is 0. The third-order valence-electron chi connectivity index (χ3n) is 1.36. The second kappa shape index (κ2) is 2.40. The maximum absolute atomic E-state index is 5.71. The molecule has 0 aliphatic carbocycles. The first-order valence-electron chi connectivity index (χ1n) is 2.96. The molecule has 11 heavy (non-hydrogen) atoms. The van der Waals surface area contributed by atoms with E-state index in [2.05, 4.69) is 4.98 Å². The van der Waals surface area contributed by atoms with E-state index in [0.29, 0.717) is 15.9 Å². The average molecular weight is 188 g/mol. The molecule has 0 atom stereocenters. The lowest BCUT2D eigenvalue weighted by molar-refractivity contribution is 0.614. The highest BCUT2D eigenvalue weighted by Gasteiger charge is 2.04. The van der Waals surface area contributed by atoms with Crippen LogP contribution in [-0.4, -0.2) is 4.98 Å². The largest absolute Gasteiger partial charge is 0.461 e. The molecule has 0 aliphatic heterocycles. The minimum absolute atomic E-state index is 0.303. The zero-order chi connectivity index (χ0) is 7.84. The van der Waals surface area contributed by atoms with Crippen LogP contribution in [0.5, 0.6) is 0 Å². The predicted octanol–water partition coefficient (Wildman–Crippen LogP) is 3.13. The molecule has 0 bridgehead atoms. The first kappa shape index (κ1) is 6.95. The van der Waals surface area contributed by atoms with E-state index in [1.807, 2.05) is 0 Å². The highest BCUT2D eigenvalue weighted by Crippen LogP contribution is 2.24. The molecule has 0 saturated heterocycles. The number of fused-ring (bicyclic) bond motifs is 1. The van der Waals surface area contributed by atoms with E-state index in [-0.39, 0.29) is 0 Å². The van der Waals surface area contributed by atoms with Gasteiger partial charge in [0.25, 0.3) is 0 Å². The molecule has 0 unspecified atom stereocenters. The van der Waals surface area contributed by atoms with Gasteiger partial charge in [-0.05, 0) is 12.1 Å². The summed E-state index contributed by atoms with van der Waals surface area (Å²) in [5.41, 5.74) is 0.580. The van der Waals surface area contributed by atoms with Crippen LogP contribution in [0.1, 0.15) is 0 Å². The smallest absolute Gasteiger partial charge is 0.173 e. The van der Waals surface area contributed by atoms with Crippen molar-refractivity contribution in [1.29, 1.82) is 0 Å². The summed E-state index contributed by atoms with van der Waals surface area (Å²) in [6.07, 6.45) is 1.55. The Bertz CT molecular complexity index is 396. The van der Waals surface area contributed by atoms with Gasteiger partial charge in [0.1, 0.15) is 5.15 Å². The van der Waals surface area contributed by atoms with Crippen LogP contribution < -0.4 is 0 Å². The molecule has 0 radical (unpaired) electrons. The summed E-state index contributed by atoms with van der Waals surface area (Å²) in [5, 5.41) is 1.55. The van der Waals surface area contributed by atoms with Gasteiger partial charge in [0.2, 0.25) is 0 Å². The van der Waals surface area contributed by atoms with Gasteiger partial charge in [-0.15, -0.1) is 0 Å². The number of aromatic nitrogens is 1. The van der Waals surface area contributed by atoms with Crippen molar-refractivity contribution in [1.82, 2.24) is 4.98 Å². The van der Waals surface area contributed by atoms with Crippen LogP contribution in [0.4, 0.5) is 0 Å². The Hall–Kier alpha value is -0.730. The molecule has 2 aromatic heterocycles. The summed E-state index contributed by atoms with van der Waals surface area (Å²) in [5.74, 6) is 0. The van der Waals surface area contributed by atoms with E-state index < -0.39 is 0 Å². The first-order valence-corrected chi connectivity index (χ1v) is 3.72. The molecule has 0 fully saturated rings. The fourth-order valence-corrected chi connectivity index (χ4v) is 1.40. The van der Waals surface area contributed by atoms with E-state index in [1.165, 1.54) is 0 Å². The lowest BCUT2D eigenvalue weighted by Gasteiger charge is -1.91. The van der Waals surface area contributed by atoms with Crippen molar-refractivity contribution in [2.24, 2.45) is 0 Å². The number of hydrogen-bond donors (Lipinski definition) is 0. The number of hydrogen-bond acceptors (Lipinski definition) is 2. The summed E-state index contributed by atoms with van der Waals surface area (Å²) < 4.78 is 5.05. The molecule has 2 rings (SSSR count). The molecule has 0 aliphatic rings. The minimum Gasteiger partial charge on any atom is -0.461 e. The van der Waals surface area contributed by atoms with Gasteiger partial charge in [0.15, 0.2) is 10.7 Å². The van der Waals surface area contributed by atoms with Crippen molar-refractivity contribution in [3.05, 3.63) is 28.7 Å². The molecule has 0 spiro atoms. The van der Waals surface area contributed by atoms with Crippen molar-refractivity contribution < 1.29 is 4.42 Å². The average Bonchev–Trinajstić information content (AvgIpc) is 2.34. The quantitative estimate of drug-likeness (QED) is 0.593. The molecular formula is C7H3Cl2NO. The van der Waals surface area contributed by atoms with Crippen molar-refractivity contribution in [2.75, 3.05) is 0 Å². The van der Waals surface area contributed by atoms with Crippen molar-refractivity contribution in [3.63, 3.8) is 0 Å². The van der Waals surface area contributed by atoms with Crippen LogP contribution in [0.15, 0.2) is 22.8 Å². The van der Waals surface area contributed by atoms with Crippen LogP contribution in [0.2, 0.25) is 10.3 Å². The number of rotatable bonds is 0. The molecule has 56 valence electrons. The summed E-state index contributed by atoms with van der Waals surface area (Å²) in [7, 11) is 0. The maximum Gasteiger partial charge on any atom is 0.173 e. The molecule has 2 aromatic rings. The monoisotopic (exact) mass is 187 g/mol. The Balaban J connectivity index is 2.91. The summed E-state index contributed by atoms with van der Waals surface area (Å²) in [6, 6.07) is 3.49. The van der Waals surface area contributed by atoms with Crippen LogP contribution in [0, 0.1) is 0 Å². The van der Waals surface area contributed by atoms with Gasteiger partial charge < -0.3 is 4.42 Å². The SMILES string of the molecule is Clc1cc2ccoc2c(Cl)n1. The van der Waals surface area contributed by atoms with Crippen LogP contribution in [0.3, 0.4) is 0 Å². The standard InChI is InChI=1S/C7H3Cl2NO/c8-5-3-4-1-2-11-6(4)7(9)10-5/h1-3H. The number of nitrogens with zero attached hydrogens (tertiary/aromatic N) is 1. The van der Waals surface area contributed by atoms with Gasteiger partial charge >= 0.3 is 0 Å². The lowest BCUT2D eigenvalue weighted by Crippen LogP contribution is -1.75. The molecule has 2 heterocycles. The molecule has 0 aromatic carbocycles. The summed E-state index contributed by atoms with van der Waals surface area (Å²) >= 11 is 11.4. The lowest BCUT2D eigenvalue weighted by atomic mass is 10.3. The zero-order valence-corrected chi connectivity index (χ0v) is 6.86. The number of furan rings is 1. The highest BCUT2D eigenvalue weighted by atomic mass is 35.5. The summed E-state index contributed by atoms with van der Waals surface area (Å²) in [6.45, 7) is 0. The zero-order valence-electron chi connectivity index (χ0n) is 5.34. The Morgan fingerprint density at radius 1 is 1.36 bits per heavy atom. The molecule has 0 amide bonds. The molecule has 0 saturated carbocycles. The predicted molar refractivity (Wildman–Crippen MR) is 44.0 cm³/mol. The van der Waals surface area contributed by atoms with E-state index in [9.17, 15) is 0 Å². The third-order valence-corrected chi connectivity index (χ3v) is 1.81.